The summed E-state index contributed by atoms with van der Waals surface area (Å²) in [4.78, 5) is 27.8. The molecule has 0 bridgehead atoms. The Bertz CT molecular complexity index is 476. The number of likely N-dealkylation sites (tertiary alicyclic amines) is 1. The zero-order valence-corrected chi connectivity index (χ0v) is 11.3. The Labute approximate surface area is 113 Å². The molecule has 1 aromatic heterocycles. The smallest absolute Gasteiger partial charge is 0.270 e. The molecule has 1 aliphatic rings. The summed E-state index contributed by atoms with van der Waals surface area (Å²) >= 11 is 0. The van der Waals surface area contributed by atoms with Crippen molar-refractivity contribution in [2.24, 2.45) is 0 Å². The molecule has 0 aliphatic carbocycles. The fourth-order valence-corrected chi connectivity index (χ4v) is 2.38. The van der Waals surface area contributed by atoms with Gasteiger partial charge in [-0.1, -0.05) is 13.0 Å². The Hall–Kier alpha value is -1.62. The standard InChI is InChI=1S/C14H21N3O2/c1-2-8-15-11-6-9-17(10-7-11)14(19)12-4-3-5-13(18)16-12/h3-5,11,15H,2,6-10H2,1H3,(H,16,18). The van der Waals surface area contributed by atoms with Gasteiger partial charge in [-0.2, -0.15) is 0 Å². The Kier molecular flexibility index (Phi) is 4.74. The maximum Gasteiger partial charge on any atom is 0.270 e. The molecule has 0 radical (unpaired) electrons. The topological polar surface area (TPSA) is 65.2 Å². The molecule has 1 saturated heterocycles. The van der Waals surface area contributed by atoms with E-state index >= 15 is 0 Å². The Balaban J connectivity index is 1.91. The van der Waals surface area contributed by atoms with Gasteiger partial charge in [0, 0.05) is 25.2 Å². The molecular formula is C14H21N3O2. The summed E-state index contributed by atoms with van der Waals surface area (Å²) in [5, 5.41) is 3.48. The summed E-state index contributed by atoms with van der Waals surface area (Å²) in [6, 6.07) is 5.20. The molecule has 1 aromatic rings. The molecular weight excluding hydrogens is 242 g/mol. The molecule has 1 fully saturated rings. The van der Waals surface area contributed by atoms with E-state index in [1.165, 1.54) is 6.07 Å². The van der Waals surface area contributed by atoms with Gasteiger partial charge < -0.3 is 15.2 Å². The van der Waals surface area contributed by atoms with Crippen LogP contribution in [0.1, 0.15) is 36.7 Å². The first kappa shape index (κ1) is 13.8. The van der Waals surface area contributed by atoms with Gasteiger partial charge in [0.1, 0.15) is 5.69 Å². The van der Waals surface area contributed by atoms with Crippen LogP contribution in [0.3, 0.4) is 0 Å². The van der Waals surface area contributed by atoms with Crippen molar-refractivity contribution in [1.29, 1.82) is 0 Å². The first-order valence-electron chi connectivity index (χ1n) is 6.92. The van der Waals surface area contributed by atoms with Crippen LogP contribution >= 0.6 is 0 Å². The maximum atomic E-state index is 12.2. The average molecular weight is 263 g/mol. The molecule has 19 heavy (non-hydrogen) atoms. The van der Waals surface area contributed by atoms with Crippen molar-refractivity contribution in [3.63, 3.8) is 0 Å². The molecule has 2 rings (SSSR count). The van der Waals surface area contributed by atoms with E-state index in [2.05, 4.69) is 17.2 Å². The summed E-state index contributed by atoms with van der Waals surface area (Å²) in [5.41, 5.74) is 0.151. The van der Waals surface area contributed by atoms with E-state index in [0.29, 0.717) is 11.7 Å². The molecule has 0 aromatic carbocycles. The van der Waals surface area contributed by atoms with Crippen LogP contribution < -0.4 is 10.9 Å². The second kappa shape index (κ2) is 6.52. The van der Waals surface area contributed by atoms with E-state index in [9.17, 15) is 9.59 Å². The third-order valence-corrected chi connectivity index (χ3v) is 3.46. The van der Waals surface area contributed by atoms with Crippen LogP contribution in [0.4, 0.5) is 0 Å². The van der Waals surface area contributed by atoms with Gasteiger partial charge >= 0.3 is 0 Å². The van der Waals surface area contributed by atoms with Crippen LogP contribution in [0.15, 0.2) is 23.0 Å². The highest BCUT2D eigenvalue weighted by molar-refractivity contribution is 5.92. The molecule has 0 spiro atoms. The number of aromatic nitrogens is 1. The van der Waals surface area contributed by atoms with Crippen molar-refractivity contribution in [2.75, 3.05) is 19.6 Å². The molecule has 0 atom stereocenters. The second-order valence-corrected chi connectivity index (χ2v) is 4.95. The third-order valence-electron chi connectivity index (χ3n) is 3.46. The first-order chi connectivity index (χ1) is 9.20. The van der Waals surface area contributed by atoms with Crippen molar-refractivity contribution in [2.45, 2.75) is 32.2 Å². The van der Waals surface area contributed by atoms with Gasteiger partial charge in [0.2, 0.25) is 5.56 Å². The highest BCUT2D eigenvalue weighted by Crippen LogP contribution is 2.12. The summed E-state index contributed by atoms with van der Waals surface area (Å²) in [7, 11) is 0. The van der Waals surface area contributed by atoms with E-state index in [-0.39, 0.29) is 11.5 Å². The Morgan fingerprint density at radius 3 is 2.79 bits per heavy atom. The van der Waals surface area contributed by atoms with E-state index in [1.54, 1.807) is 12.1 Å². The predicted octanol–water partition coefficient (Wildman–Crippen LogP) is 0.979. The average Bonchev–Trinajstić information content (AvgIpc) is 2.45. The summed E-state index contributed by atoms with van der Waals surface area (Å²) in [5.74, 6) is -0.0772. The second-order valence-electron chi connectivity index (χ2n) is 4.95. The van der Waals surface area contributed by atoms with Gasteiger partial charge in [0.25, 0.3) is 5.91 Å². The first-order valence-corrected chi connectivity index (χ1v) is 6.92. The van der Waals surface area contributed by atoms with Crippen LogP contribution in [0, 0.1) is 0 Å². The SMILES string of the molecule is CCCNC1CCN(C(=O)c2cccc(=O)[nH]2)CC1. The number of piperidine rings is 1. The maximum absolute atomic E-state index is 12.2. The fraction of sp³-hybridized carbons (Fsp3) is 0.571. The predicted molar refractivity (Wildman–Crippen MR) is 74.3 cm³/mol. The molecule has 0 saturated carbocycles. The lowest BCUT2D eigenvalue weighted by Crippen LogP contribution is -2.45. The normalized spacial score (nSPS) is 16.6. The molecule has 1 aliphatic heterocycles. The monoisotopic (exact) mass is 263 g/mol. The van der Waals surface area contributed by atoms with Crippen molar-refractivity contribution in [3.8, 4) is 0 Å². The van der Waals surface area contributed by atoms with E-state index < -0.39 is 0 Å². The number of H-pyrrole nitrogens is 1. The third kappa shape index (κ3) is 3.67. The summed E-state index contributed by atoms with van der Waals surface area (Å²) in [6.07, 6.45) is 3.08. The number of pyridine rings is 1. The van der Waals surface area contributed by atoms with Gasteiger partial charge in [0.05, 0.1) is 0 Å². The number of rotatable bonds is 4. The molecule has 5 nitrogen and oxygen atoms in total. The molecule has 0 unspecified atom stereocenters. The lowest BCUT2D eigenvalue weighted by molar-refractivity contribution is 0.0699. The van der Waals surface area contributed by atoms with Crippen molar-refractivity contribution in [1.82, 2.24) is 15.2 Å². The minimum Gasteiger partial charge on any atom is -0.337 e. The molecule has 1 amide bonds. The number of nitrogens with one attached hydrogen (secondary N) is 2. The zero-order valence-electron chi connectivity index (χ0n) is 11.3. The van der Waals surface area contributed by atoms with Crippen LogP contribution in [0.2, 0.25) is 0 Å². The molecule has 2 heterocycles. The number of aromatic amines is 1. The lowest BCUT2D eigenvalue weighted by atomic mass is 10.0. The van der Waals surface area contributed by atoms with Crippen molar-refractivity contribution in [3.05, 3.63) is 34.2 Å². The van der Waals surface area contributed by atoms with Crippen LogP contribution in [-0.4, -0.2) is 41.5 Å². The molecule has 104 valence electrons. The lowest BCUT2D eigenvalue weighted by Gasteiger charge is -2.32. The number of amides is 1. The van der Waals surface area contributed by atoms with Gasteiger partial charge in [-0.3, -0.25) is 9.59 Å². The van der Waals surface area contributed by atoms with Crippen LogP contribution in [0.5, 0.6) is 0 Å². The number of hydrogen-bond donors (Lipinski definition) is 2. The number of nitrogens with zero attached hydrogens (tertiary/aromatic N) is 1. The van der Waals surface area contributed by atoms with E-state index in [1.807, 2.05) is 4.90 Å². The summed E-state index contributed by atoms with van der Waals surface area (Å²) in [6.45, 7) is 4.68. The van der Waals surface area contributed by atoms with Crippen LogP contribution in [-0.2, 0) is 0 Å². The van der Waals surface area contributed by atoms with Gasteiger partial charge in [-0.15, -0.1) is 0 Å². The van der Waals surface area contributed by atoms with Crippen molar-refractivity contribution < 1.29 is 4.79 Å². The zero-order chi connectivity index (χ0) is 13.7. The van der Waals surface area contributed by atoms with Gasteiger partial charge in [0.15, 0.2) is 0 Å². The van der Waals surface area contributed by atoms with E-state index in [4.69, 9.17) is 0 Å². The van der Waals surface area contributed by atoms with E-state index in [0.717, 1.165) is 38.9 Å². The largest absolute Gasteiger partial charge is 0.337 e. The highest BCUT2D eigenvalue weighted by atomic mass is 16.2. The number of carbonyl (C=O) groups excluding carboxylic acids is 1. The van der Waals surface area contributed by atoms with Crippen molar-refractivity contribution >= 4 is 5.91 Å². The Morgan fingerprint density at radius 2 is 2.16 bits per heavy atom. The number of carbonyl (C=O) groups is 1. The van der Waals surface area contributed by atoms with Crippen LogP contribution in [0.25, 0.3) is 0 Å². The summed E-state index contributed by atoms with van der Waals surface area (Å²) < 4.78 is 0. The highest BCUT2D eigenvalue weighted by Gasteiger charge is 2.23. The minimum absolute atomic E-state index is 0.0772. The quantitative estimate of drug-likeness (QED) is 0.851. The number of hydrogen-bond acceptors (Lipinski definition) is 3. The molecule has 5 heteroatoms. The molecule has 2 N–H and O–H groups in total. The minimum atomic E-state index is -0.231. The van der Waals surface area contributed by atoms with Gasteiger partial charge in [-0.05, 0) is 31.9 Å². The Morgan fingerprint density at radius 1 is 1.42 bits per heavy atom. The fourth-order valence-electron chi connectivity index (χ4n) is 2.38. The van der Waals surface area contributed by atoms with Gasteiger partial charge in [-0.25, -0.2) is 0 Å².